The molecule has 2 rings (SSSR count). The molecule has 3 heteroatoms. The number of halogens is 1. The van der Waals surface area contributed by atoms with Crippen molar-refractivity contribution < 1.29 is 4.79 Å². The van der Waals surface area contributed by atoms with E-state index in [0.29, 0.717) is 19.0 Å². The molecule has 0 aromatic heterocycles. The molecule has 0 heterocycles. The Morgan fingerprint density at radius 3 is 2.56 bits per heavy atom. The van der Waals surface area contributed by atoms with Gasteiger partial charge in [-0.25, -0.2) is 0 Å². The minimum Gasteiger partial charge on any atom is -0.337 e. The van der Waals surface area contributed by atoms with E-state index in [1.54, 1.807) is 0 Å². The second kappa shape index (κ2) is 5.35. The van der Waals surface area contributed by atoms with Gasteiger partial charge >= 0.3 is 0 Å². The molecule has 0 aliphatic heterocycles. The lowest BCUT2D eigenvalue weighted by atomic mass is 10.2. The number of hydrogen-bond donors (Lipinski definition) is 0. The van der Waals surface area contributed by atoms with Crippen LogP contribution >= 0.6 is 11.6 Å². The van der Waals surface area contributed by atoms with Crippen molar-refractivity contribution in [2.24, 2.45) is 5.92 Å². The number of nitrogens with zero attached hydrogens (tertiary/aromatic N) is 1. The minimum absolute atomic E-state index is 0.268. The highest BCUT2D eigenvalue weighted by atomic mass is 35.5. The summed E-state index contributed by atoms with van der Waals surface area (Å²) >= 11 is 5.74. The summed E-state index contributed by atoms with van der Waals surface area (Å²) in [6.07, 6.45) is 2.10. The summed E-state index contributed by atoms with van der Waals surface area (Å²) in [5.41, 5.74) is 1.17. The average molecular weight is 238 g/mol. The van der Waals surface area contributed by atoms with Crippen LogP contribution in [0.1, 0.15) is 18.4 Å². The van der Waals surface area contributed by atoms with Gasteiger partial charge in [0.2, 0.25) is 5.91 Å². The third-order valence-corrected chi connectivity index (χ3v) is 2.98. The van der Waals surface area contributed by atoms with Crippen LogP contribution in [0, 0.1) is 5.92 Å². The molecule has 0 N–H and O–H groups in total. The molecule has 0 bridgehead atoms. The van der Waals surface area contributed by atoms with Crippen LogP contribution in [0.2, 0.25) is 0 Å². The van der Waals surface area contributed by atoms with Crippen LogP contribution in [0.4, 0.5) is 0 Å². The average Bonchev–Trinajstić information content (AvgIpc) is 3.13. The maximum absolute atomic E-state index is 12.0. The Hall–Kier alpha value is -1.02. The van der Waals surface area contributed by atoms with Gasteiger partial charge in [0.1, 0.15) is 0 Å². The van der Waals surface area contributed by atoms with E-state index in [4.69, 9.17) is 11.6 Å². The molecule has 86 valence electrons. The van der Waals surface area contributed by atoms with Crippen LogP contribution in [0.25, 0.3) is 0 Å². The number of carbonyl (C=O) groups is 1. The number of hydrogen-bond acceptors (Lipinski definition) is 1. The van der Waals surface area contributed by atoms with Crippen LogP contribution in [0.5, 0.6) is 0 Å². The summed E-state index contributed by atoms with van der Waals surface area (Å²) in [6.45, 7) is 1.33. The molecule has 1 fully saturated rings. The van der Waals surface area contributed by atoms with Gasteiger partial charge in [-0.15, -0.1) is 11.6 Å². The van der Waals surface area contributed by atoms with Gasteiger partial charge in [-0.3, -0.25) is 4.79 Å². The van der Waals surface area contributed by atoms with Crippen molar-refractivity contribution in [3.05, 3.63) is 35.9 Å². The van der Waals surface area contributed by atoms with E-state index in [2.05, 4.69) is 0 Å². The first-order valence-corrected chi connectivity index (χ1v) is 6.23. The van der Waals surface area contributed by atoms with E-state index in [1.807, 2.05) is 35.2 Å². The van der Waals surface area contributed by atoms with Crippen molar-refractivity contribution in [3.8, 4) is 0 Å². The molecule has 1 aromatic carbocycles. The SMILES string of the molecule is O=C(C1CC1)N(CCCl)Cc1ccccc1. The third kappa shape index (κ3) is 2.99. The number of carbonyl (C=O) groups excluding carboxylic acids is 1. The Bertz CT molecular complexity index is 348. The number of alkyl halides is 1. The lowest BCUT2D eigenvalue weighted by molar-refractivity contribution is -0.132. The fraction of sp³-hybridized carbons (Fsp3) is 0.462. The van der Waals surface area contributed by atoms with Gasteiger partial charge in [0.15, 0.2) is 0 Å². The molecule has 0 radical (unpaired) electrons. The van der Waals surface area contributed by atoms with Crippen LogP contribution in [0.3, 0.4) is 0 Å². The Morgan fingerprint density at radius 2 is 2.00 bits per heavy atom. The first-order chi connectivity index (χ1) is 7.81. The quantitative estimate of drug-likeness (QED) is 0.721. The molecular weight excluding hydrogens is 222 g/mol. The highest BCUT2D eigenvalue weighted by Gasteiger charge is 2.33. The van der Waals surface area contributed by atoms with Gasteiger partial charge in [0.25, 0.3) is 0 Å². The molecule has 0 atom stereocenters. The Balaban J connectivity index is 1.99. The van der Waals surface area contributed by atoms with E-state index in [1.165, 1.54) is 5.56 Å². The lowest BCUT2D eigenvalue weighted by Crippen LogP contribution is -2.33. The molecular formula is C13H16ClNO. The second-order valence-electron chi connectivity index (χ2n) is 4.21. The fourth-order valence-corrected chi connectivity index (χ4v) is 1.97. The smallest absolute Gasteiger partial charge is 0.226 e. The van der Waals surface area contributed by atoms with Gasteiger partial charge in [-0.05, 0) is 18.4 Å². The van der Waals surface area contributed by atoms with Crippen LogP contribution in [-0.4, -0.2) is 23.2 Å². The normalized spacial score (nSPS) is 14.8. The number of rotatable bonds is 5. The van der Waals surface area contributed by atoms with Gasteiger partial charge in [-0.2, -0.15) is 0 Å². The van der Waals surface area contributed by atoms with Crippen molar-refractivity contribution in [1.29, 1.82) is 0 Å². The van der Waals surface area contributed by atoms with Crippen LogP contribution < -0.4 is 0 Å². The number of amides is 1. The monoisotopic (exact) mass is 237 g/mol. The maximum Gasteiger partial charge on any atom is 0.226 e. The van der Waals surface area contributed by atoms with E-state index in [-0.39, 0.29) is 11.8 Å². The molecule has 0 unspecified atom stereocenters. The standard InChI is InChI=1S/C13H16ClNO/c14-8-9-15(13(16)12-6-7-12)10-11-4-2-1-3-5-11/h1-5,12H,6-10H2. The van der Waals surface area contributed by atoms with Gasteiger partial charge in [0, 0.05) is 24.9 Å². The van der Waals surface area contributed by atoms with E-state index >= 15 is 0 Å². The Labute approximate surface area is 101 Å². The minimum atomic E-state index is 0.268. The zero-order valence-corrected chi connectivity index (χ0v) is 9.99. The largest absolute Gasteiger partial charge is 0.337 e. The molecule has 1 amide bonds. The molecule has 1 aliphatic carbocycles. The summed E-state index contributed by atoms with van der Waals surface area (Å²) in [4.78, 5) is 13.8. The van der Waals surface area contributed by atoms with Gasteiger partial charge < -0.3 is 4.90 Å². The molecule has 16 heavy (non-hydrogen) atoms. The molecule has 1 aromatic rings. The predicted molar refractivity (Wildman–Crippen MR) is 65.3 cm³/mol. The van der Waals surface area contributed by atoms with E-state index in [9.17, 15) is 4.79 Å². The van der Waals surface area contributed by atoms with E-state index < -0.39 is 0 Å². The van der Waals surface area contributed by atoms with Gasteiger partial charge in [0.05, 0.1) is 0 Å². The van der Waals surface area contributed by atoms with Crippen LogP contribution in [0.15, 0.2) is 30.3 Å². The highest BCUT2D eigenvalue weighted by Crippen LogP contribution is 2.31. The summed E-state index contributed by atoms with van der Waals surface area (Å²) in [6, 6.07) is 10.1. The summed E-state index contributed by atoms with van der Waals surface area (Å²) in [5.74, 6) is 1.04. The summed E-state index contributed by atoms with van der Waals surface area (Å²) < 4.78 is 0. The highest BCUT2D eigenvalue weighted by molar-refractivity contribution is 6.18. The first-order valence-electron chi connectivity index (χ1n) is 5.70. The fourth-order valence-electron chi connectivity index (χ4n) is 1.76. The molecule has 2 nitrogen and oxygen atoms in total. The summed E-state index contributed by atoms with van der Waals surface area (Å²) in [5, 5.41) is 0. The first kappa shape index (κ1) is 11.5. The number of benzene rings is 1. The molecule has 0 saturated heterocycles. The van der Waals surface area contributed by atoms with Crippen molar-refractivity contribution in [1.82, 2.24) is 4.90 Å². The predicted octanol–water partition coefficient (Wildman–Crippen LogP) is 2.66. The van der Waals surface area contributed by atoms with Crippen molar-refractivity contribution in [2.75, 3.05) is 12.4 Å². The van der Waals surface area contributed by atoms with Crippen molar-refractivity contribution in [2.45, 2.75) is 19.4 Å². The van der Waals surface area contributed by atoms with Gasteiger partial charge in [-0.1, -0.05) is 30.3 Å². The van der Waals surface area contributed by atoms with Crippen LogP contribution in [-0.2, 0) is 11.3 Å². The maximum atomic E-state index is 12.0. The topological polar surface area (TPSA) is 20.3 Å². The zero-order valence-electron chi connectivity index (χ0n) is 9.23. The Morgan fingerprint density at radius 1 is 1.31 bits per heavy atom. The third-order valence-electron chi connectivity index (χ3n) is 2.81. The Kier molecular flexibility index (Phi) is 3.83. The molecule has 0 spiro atoms. The zero-order chi connectivity index (χ0) is 11.4. The van der Waals surface area contributed by atoms with Crippen molar-refractivity contribution >= 4 is 17.5 Å². The molecule has 1 saturated carbocycles. The second-order valence-corrected chi connectivity index (χ2v) is 4.59. The van der Waals surface area contributed by atoms with Crippen molar-refractivity contribution in [3.63, 3.8) is 0 Å². The lowest BCUT2D eigenvalue weighted by Gasteiger charge is -2.21. The van der Waals surface area contributed by atoms with E-state index in [0.717, 1.165) is 12.8 Å². The summed E-state index contributed by atoms with van der Waals surface area (Å²) in [7, 11) is 0. The molecule has 1 aliphatic rings.